The predicted octanol–water partition coefficient (Wildman–Crippen LogP) is 3.20. The van der Waals surface area contributed by atoms with Crippen LogP contribution >= 0.6 is 11.8 Å². The van der Waals surface area contributed by atoms with E-state index in [1.54, 1.807) is 0 Å². The van der Waals surface area contributed by atoms with Gasteiger partial charge >= 0.3 is 5.97 Å². The van der Waals surface area contributed by atoms with Crippen molar-refractivity contribution in [2.45, 2.75) is 38.3 Å². The molecule has 1 aliphatic rings. The summed E-state index contributed by atoms with van der Waals surface area (Å²) in [5.41, 5.74) is 0.275. The minimum atomic E-state index is -0.725. The molecule has 1 unspecified atom stereocenters. The number of hydrogen-bond acceptors (Lipinski definition) is 4. The van der Waals surface area contributed by atoms with E-state index in [9.17, 15) is 4.79 Å². The molecule has 116 valence electrons. The fraction of sp³-hybridized carbons (Fsp3) is 0.588. The van der Waals surface area contributed by atoms with Crippen molar-refractivity contribution in [2.24, 2.45) is 5.92 Å². The molecule has 0 spiro atoms. The summed E-state index contributed by atoms with van der Waals surface area (Å²) in [6.07, 6.45) is 2.28. The molecular formula is C17H25NO2S. The summed E-state index contributed by atoms with van der Waals surface area (Å²) in [6.45, 7) is 4.40. The van der Waals surface area contributed by atoms with Crippen molar-refractivity contribution in [3.8, 4) is 0 Å². The van der Waals surface area contributed by atoms with Gasteiger partial charge in [-0.05, 0) is 30.1 Å². The molecule has 1 N–H and O–H groups in total. The smallest absolute Gasteiger partial charge is 0.331 e. The lowest BCUT2D eigenvalue weighted by Crippen LogP contribution is -2.53. The number of rotatable bonds is 8. The number of carbonyl (C=O) groups is 1. The fourth-order valence-corrected chi connectivity index (χ4v) is 3.63. The molecule has 0 radical (unpaired) electrons. The molecule has 1 fully saturated rings. The van der Waals surface area contributed by atoms with E-state index in [2.05, 4.69) is 19.2 Å². The van der Waals surface area contributed by atoms with Crippen molar-refractivity contribution < 1.29 is 9.53 Å². The van der Waals surface area contributed by atoms with Crippen molar-refractivity contribution in [2.75, 3.05) is 18.6 Å². The summed E-state index contributed by atoms with van der Waals surface area (Å²) in [5, 5.41) is 3.55. The Kier molecular flexibility index (Phi) is 5.71. The van der Waals surface area contributed by atoms with Crippen molar-refractivity contribution in [3.63, 3.8) is 0 Å². The van der Waals surface area contributed by atoms with E-state index < -0.39 is 5.54 Å². The third-order valence-electron chi connectivity index (χ3n) is 3.60. The first-order valence-corrected chi connectivity index (χ1v) is 8.73. The zero-order chi connectivity index (χ0) is 15.3. The summed E-state index contributed by atoms with van der Waals surface area (Å²) < 4.78 is 5.14. The van der Waals surface area contributed by atoms with Crippen LogP contribution in [0.2, 0.25) is 0 Å². The van der Waals surface area contributed by atoms with E-state index in [1.807, 2.05) is 42.1 Å². The van der Waals surface area contributed by atoms with E-state index in [1.165, 1.54) is 7.11 Å². The van der Waals surface area contributed by atoms with Crippen molar-refractivity contribution in [1.29, 1.82) is 0 Å². The lowest BCUT2D eigenvalue weighted by Gasteiger charge is -2.33. The van der Waals surface area contributed by atoms with Crippen LogP contribution in [0.25, 0.3) is 0 Å². The normalized spacial score (nSPS) is 17.5. The summed E-state index contributed by atoms with van der Waals surface area (Å²) >= 11 is 1.81. The fourth-order valence-electron chi connectivity index (χ4n) is 2.36. The van der Waals surface area contributed by atoms with Crippen LogP contribution in [0.1, 0.15) is 32.3 Å². The lowest BCUT2D eigenvalue weighted by atomic mass is 9.91. The second kappa shape index (κ2) is 7.32. The van der Waals surface area contributed by atoms with E-state index in [0.717, 1.165) is 24.2 Å². The van der Waals surface area contributed by atoms with E-state index in [0.29, 0.717) is 17.7 Å². The van der Waals surface area contributed by atoms with Gasteiger partial charge in [0.05, 0.1) is 7.11 Å². The zero-order valence-corrected chi connectivity index (χ0v) is 13.9. The molecule has 0 aromatic heterocycles. The average molecular weight is 307 g/mol. The molecule has 0 heterocycles. The van der Waals surface area contributed by atoms with Crippen LogP contribution < -0.4 is 5.32 Å². The van der Waals surface area contributed by atoms with E-state index >= 15 is 0 Å². The van der Waals surface area contributed by atoms with Crippen molar-refractivity contribution in [3.05, 3.63) is 35.9 Å². The van der Waals surface area contributed by atoms with Crippen LogP contribution in [0, 0.1) is 5.92 Å². The quantitative estimate of drug-likeness (QED) is 0.749. The molecule has 0 bridgehead atoms. The molecule has 0 saturated heterocycles. The number of methoxy groups -OCH3 is 1. The highest BCUT2D eigenvalue weighted by atomic mass is 32.2. The summed E-state index contributed by atoms with van der Waals surface area (Å²) in [6, 6.07) is 10.4. The molecule has 3 nitrogen and oxygen atoms in total. The predicted molar refractivity (Wildman–Crippen MR) is 88.5 cm³/mol. The summed E-state index contributed by atoms with van der Waals surface area (Å²) in [5.74, 6) is 2.18. The highest BCUT2D eigenvalue weighted by Gasteiger charge is 2.44. The molecule has 0 aliphatic heterocycles. The number of ether oxygens (including phenoxy) is 1. The largest absolute Gasteiger partial charge is 0.467 e. The first-order chi connectivity index (χ1) is 10.1. The van der Waals surface area contributed by atoms with Gasteiger partial charge in [0.25, 0.3) is 0 Å². The maximum atomic E-state index is 12.6. The molecule has 0 amide bonds. The average Bonchev–Trinajstić information content (AvgIpc) is 3.29. The number of carbonyl (C=O) groups excluding carboxylic acids is 1. The molecular weight excluding hydrogens is 282 g/mol. The Balaban J connectivity index is 2.26. The second-order valence-electron chi connectivity index (χ2n) is 6.09. The summed E-state index contributed by atoms with van der Waals surface area (Å²) in [7, 11) is 1.47. The highest BCUT2D eigenvalue weighted by Crippen LogP contribution is 2.33. The highest BCUT2D eigenvalue weighted by molar-refractivity contribution is 7.99. The van der Waals surface area contributed by atoms with Crippen LogP contribution in [0.15, 0.2) is 30.3 Å². The van der Waals surface area contributed by atoms with Gasteiger partial charge in [-0.3, -0.25) is 5.32 Å². The van der Waals surface area contributed by atoms with Crippen molar-refractivity contribution >= 4 is 17.7 Å². The minimum Gasteiger partial charge on any atom is -0.467 e. The van der Waals surface area contributed by atoms with Gasteiger partial charge in [0.2, 0.25) is 0 Å². The Bertz CT molecular complexity index is 459. The SMILES string of the molecule is COC(=O)C(CSCC(C)C)(NC1CC1)c1ccccc1. The summed E-state index contributed by atoms with van der Waals surface area (Å²) in [4.78, 5) is 12.6. The molecule has 1 aromatic rings. The first kappa shape index (κ1) is 16.4. The molecule has 21 heavy (non-hydrogen) atoms. The van der Waals surface area contributed by atoms with Gasteiger partial charge in [0, 0.05) is 11.8 Å². The Morgan fingerprint density at radius 2 is 2.05 bits per heavy atom. The van der Waals surface area contributed by atoms with Crippen LogP contribution in [-0.4, -0.2) is 30.6 Å². The second-order valence-corrected chi connectivity index (χ2v) is 7.12. The van der Waals surface area contributed by atoms with Gasteiger partial charge in [-0.1, -0.05) is 44.2 Å². The lowest BCUT2D eigenvalue weighted by molar-refractivity contribution is -0.148. The monoisotopic (exact) mass is 307 g/mol. The number of esters is 1. The van der Waals surface area contributed by atoms with Crippen LogP contribution in [0.3, 0.4) is 0 Å². The molecule has 4 heteroatoms. The Labute approximate surface area is 131 Å². The standard InChI is InChI=1S/C17H25NO2S/c1-13(2)11-21-12-17(16(19)20-3,18-15-9-10-15)14-7-5-4-6-8-14/h4-8,13,15,18H,9-12H2,1-3H3. The topological polar surface area (TPSA) is 38.3 Å². The maximum Gasteiger partial charge on any atom is 0.331 e. The van der Waals surface area contributed by atoms with Gasteiger partial charge in [0.1, 0.15) is 0 Å². The molecule has 1 atom stereocenters. The molecule has 1 saturated carbocycles. The number of nitrogens with one attached hydrogen (secondary N) is 1. The van der Waals surface area contributed by atoms with Gasteiger partial charge in [-0.25, -0.2) is 4.79 Å². The van der Waals surface area contributed by atoms with Gasteiger partial charge in [0.15, 0.2) is 5.54 Å². The Morgan fingerprint density at radius 1 is 1.38 bits per heavy atom. The van der Waals surface area contributed by atoms with E-state index in [4.69, 9.17) is 4.74 Å². The first-order valence-electron chi connectivity index (χ1n) is 7.58. The number of benzene rings is 1. The number of thioether (sulfide) groups is 1. The maximum absolute atomic E-state index is 12.6. The van der Waals surface area contributed by atoms with Gasteiger partial charge in [-0.2, -0.15) is 11.8 Å². The number of hydrogen-bond donors (Lipinski definition) is 1. The molecule has 1 aliphatic carbocycles. The molecule has 2 rings (SSSR count). The third kappa shape index (κ3) is 4.24. The Hall–Kier alpha value is -1.00. The van der Waals surface area contributed by atoms with Crippen LogP contribution in [0.5, 0.6) is 0 Å². The van der Waals surface area contributed by atoms with Gasteiger partial charge < -0.3 is 4.74 Å². The third-order valence-corrected chi connectivity index (χ3v) is 5.14. The Morgan fingerprint density at radius 3 is 2.57 bits per heavy atom. The zero-order valence-electron chi connectivity index (χ0n) is 13.1. The minimum absolute atomic E-state index is 0.183. The van der Waals surface area contributed by atoms with Crippen LogP contribution in [0.4, 0.5) is 0 Å². The van der Waals surface area contributed by atoms with Crippen molar-refractivity contribution in [1.82, 2.24) is 5.32 Å². The molecule has 1 aromatic carbocycles. The van der Waals surface area contributed by atoms with E-state index in [-0.39, 0.29) is 5.97 Å². The van der Waals surface area contributed by atoms with Gasteiger partial charge in [-0.15, -0.1) is 0 Å². The van der Waals surface area contributed by atoms with Crippen LogP contribution in [-0.2, 0) is 15.1 Å².